The Morgan fingerprint density at radius 1 is 0.800 bits per heavy atom. The maximum atomic E-state index is 10.7. The maximum Gasteiger partial charge on any atom is 0.303 e. The number of hydrogen-bond donors (Lipinski definition) is 3. The topological polar surface area (TPSA) is 77.8 Å². The van der Waals surface area contributed by atoms with Gasteiger partial charge in [-0.05, 0) is 18.8 Å². The molecule has 0 spiro atoms. The molecule has 150 valence electrons. The van der Waals surface area contributed by atoms with Crippen LogP contribution in [0.2, 0.25) is 0 Å². The van der Waals surface area contributed by atoms with Crippen LogP contribution in [0.5, 0.6) is 0 Å². The predicted molar refractivity (Wildman–Crippen MR) is 104 cm³/mol. The predicted octanol–water partition coefficient (Wildman–Crippen LogP) is 5.30. The maximum absolute atomic E-state index is 10.7. The highest BCUT2D eigenvalue weighted by molar-refractivity contribution is 5.66. The molecule has 2 atom stereocenters. The Morgan fingerprint density at radius 2 is 1.28 bits per heavy atom. The first-order valence-corrected chi connectivity index (χ1v) is 10.6. The van der Waals surface area contributed by atoms with Crippen LogP contribution in [0.15, 0.2) is 0 Å². The molecule has 0 heterocycles. The number of carboxylic acids is 1. The summed E-state index contributed by atoms with van der Waals surface area (Å²) in [6, 6.07) is 0. The van der Waals surface area contributed by atoms with E-state index in [0.29, 0.717) is 12.8 Å². The zero-order chi connectivity index (χ0) is 18.8. The van der Waals surface area contributed by atoms with Crippen LogP contribution in [0.3, 0.4) is 0 Å². The van der Waals surface area contributed by atoms with Gasteiger partial charge in [0.15, 0.2) is 0 Å². The molecule has 0 aliphatic rings. The molecule has 4 heteroatoms. The molecule has 0 aliphatic heterocycles. The van der Waals surface area contributed by atoms with Crippen molar-refractivity contribution in [3.63, 3.8) is 0 Å². The van der Waals surface area contributed by atoms with E-state index in [1.54, 1.807) is 0 Å². The second-order valence-electron chi connectivity index (χ2n) is 7.55. The Balaban J connectivity index is 3.55. The Labute approximate surface area is 155 Å². The number of unbranched alkanes of at least 4 members (excludes halogenated alkanes) is 11. The summed E-state index contributed by atoms with van der Waals surface area (Å²) in [5.41, 5.74) is 0. The van der Waals surface area contributed by atoms with E-state index in [2.05, 4.69) is 6.92 Å². The average Bonchev–Trinajstić information content (AvgIpc) is 2.60. The molecular formula is C21H42O4. The zero-order valence-electron chi connectivity index (χ0n) is 16.4. The third-order valence-corrected chi connectivity index (χ3v) is 5.05. The first-order chi connectivity index (χ1) is 12.1. The molecule has 3 N–H and O–H groups in total. The van der Waals surface area contributed by atoms with Crippen LogP contribution in [0, 0.1) is 5.92 Å². The molecule has 0 aliphatic carbocycles. The van der Waals surface area contributed by atoms with Crippen molar-refractivity contribution in [2.45, 2.75) is 116 Å². The van der Waals surface area contributed by atoms with E-state index in [4.69, 9.17) is 10.2 Å². The molecule has 0 saturated heterocycles. The summed E-state index contributed by atoms with van der Waals surface area (Å²) in [7, 11) is 0. The van der Waals surface area contributed by atoms with Gasteiger partial charge in [-0.15, -0.1) is 0 Å². The molecule has 0 radical (unpaired) electrons. The highest BCUT2D eigenvalue weighted by Crippen LogP contribution is 2.22. The fourth-order valence-corrected chi connectivity index (χ4v) is 3.44. The summed E-state index contributed by atoms with van der Waals surface area (Å²) in [5.74, 6) is -0.570. The lowest BCUT2D eigenvalue weighted by Gasteiger charge is -2.18. The molecule has 0 aromatic carbocycles. The minimum atomic E-state index is -0.779. The number of hydrogen-bond acceptors (Lipinski definition) is 3. The van der Waals surface area contributed by atoms with E-state index in [0.717, 1.165) is 12.8 Å². The SMILES string of the molecule is CCCCCCCCCCCCCCC(CCC(=O)O)CC(O)CO. The van der Waals surface area contributed by atoms with Gasteiger partial charge in [-0.2, -0.15) is 0 Å². The van der Waals surface area contributed by atoms with Crippen LogP contribution in [0.4, 0.5) is 0 Å². The van der Waals surface area contributed by atoms with Crippen molar-refractivity contribution in [1.82, 2.24) is 0 Å². The van der Waals surface area contributed by atoms with Crippen LogP contribution < -0.4 is 0 Å². The van der Waals surface area contributed by atoms with E-state index in [9.17, 15) is 9.90 Å². The number of rotatable bonds is 19. The quantitative estimate of drug-likeness (QED) is 0.274. The van der Waals surface area contributed by atoms with Crippen LogP contribution in [-0.4, -0.2) is 34.0 Å². The van der Waals surface area contributed by atoms with Crippen molar-refractivity contribution in [3.05, 3.63) is 0 Å². The van der Waals surface area contributed by atoms with Crippen molar-refractivity contribution in [2.24, 2.45) is 5.92 Å². The van der Waals surface area contributed by atoms with Crippen LogP contribution >= 0.6 is 0 Å². The fourth-order valence-electron chi connectivity index (χ4n) is 3.44. The Morgan fingerprint density at radius 3 is 1.72 bits per heavy atom. The van der Waals surface area contributed by atoms with Gasteiger partial charge < -0.3 is 15.3 Å². The molecule has 4 nitrogen and oxygen atoms in total. The van der Waals surface area contributed by atoms with Crippen molar-refractivity contribution in [3.8, 4) is 0 Å². The minimum absolute atomic E-state index is 0.154. The molecule has 0 aromatic heterocycles. The Hall–Kier alpha value is -0.610. The van der Waals surface area contributed by atoms with Gasteiger partial charge in [0, 0.05) is 6.42 Å². The second kappa shape index (κ2) is 18.2. The van der Waals surface area contributed by atoms with E-state index >= 15 is 0 Å². The highest BCUT2D eigenvalue weighted by atomic mass is 16.4. The highest BCUT2D eigenvalue weighted by Gasteiger charge is 2.15. The first kappa shape index (κ1) is 24.4. The van der Waals surface area contributed by atoms with Crippen LogP contribution in [0.25, 0.3) is 0 Å². The number of aliphatic carboxylic acids is 1. The second-order valence-corrected chi connectivity index (χ2v) is 7.55. The van der Waals surface area contributed by atoms with Gasteiger partial charge in [-0.25, -0.2) is 0 Å². The molecule has 0 saturated carbocycles. The van der Waals surface area contributed by atoms with Gasteiger partial charge in [0.05, 0.1) is 12.7 Å². The van der Waals surface area contributed by atoms with Gasteiger partial charge in [0.2, 0.25) is 0 Å². The third kappa shape index (κ3) is 18.0. The summed E-state index contributed by atoms with van der Waals surface area (Å²) in [6.07, 6.45) is 17.3. The summed E-state index contributed by atoms with van der Waals surface area (Å²) in [6.45, 7) is 2.02. The van der Waals surface area contributed by atoms with Crippen molar-refractivity contribution in [2.75, 3.05) is 6.61 Å². The van der Waals surface area contributed by atoms with Crippen molar-refractivity contribution < 1.29 is 20.1 Å². The van der Waals surface area contributed by atoms with Gasteiger partial charge in [-0.1, -0.05) is 90.4 Å². The number of aliphatic hydroxyl groups is 2. The van der Waals surface area contributed by atoms with Crippen LogP contribution in [-0.2, 0) is 4.79 Å². The van der Waals surface area contributed by atoms with Crippen molar-refractivity contribution in [1.29, 1.82) is 0 Å². The van der Waals surface area contributed by atoms with Gasteiger partial charge in [0.25, 0.3) is 0 Å². The molecule has 2 unspecified atom stereocenters. The molecule has 0 aromatic rings. The lowest BCUT2D eigenvalue weighted by Crippen LogP contribution is -2.18. The Kier molecular flexibility index (Phi) is 17.7. The van der Waals surface area contributed by atoms with Gasteiger partial charge in [-0.3, -0.25) is 4.79 Å². The van der Waals surface area contributed by atoms with E-state index in [1.165, 1.54) is 70.6 Å². The molecule has 25 heavy (non-hydrogen) atoms. The third-order valence-electron chi connectivity index (χ3n) is 5.05. The van der Waals surface area contributed by atoms with Gasteiger partial charge in [0.1, 0.15) is 0 Å². The largest absolute Gasteiger partial charge is 0.481 e. The first-order valence-electron chi connectivity index (χ1n) is 10.6. The molecule has 0 fully saturated rings. The monoisotopic (exact) mass is 358 g/mol. The average molecular weight is 359 g/mol. The van der Waals surface area contributed by atoms with E-state index < -0.39 is 12.1 Å². The number of aliphatic hydroxyl groups excluding tert-OH is 2. The fraction of sp³-hybridized carbons (Fsp3) is 0.952. The molecular weight excluding hydrogens is 316 g/mol. The smallest absolute Gasteiger partial charge is 0.303 e. The van der Waals surface area contributed by atoms with Gasteiger partial charge >= 0.3 is 5.97 Å². The normalized spacial score (nSPS) is 13.7. The van der Waals surface area contributed by atoms with Crippen LogP contribution in [0.1, 0.15) is 110 Å². The van der Waals surface area contributed by atoms with E-state index in [-0.39, 0.29) is 18.9 Å². The number of carbonyl (C=O) groups is 1. The molecule has 0 bridgehead atoms. The zero-order valence-corrected chi connectivity index (χ0v) is 16.4. The molecule has 0 amide bonds. The van der Waals surface area contributed by atoms with Crippen molar-refractivity contribution >= 4 is 5.97 Å². The summed E-state index contributed by atoms with van der Waals surface area (Å²) in [4.78, 5) is 10.7. The standard InChI is InChI=1S/C21H42O4/c1-2-3-4-5-6-7-8-9-10-11-12-13-14-19(15-16-21(24)25)17-20(23)18-22/h19-20,22-23H,2-18H2,1H3,(H,24,25). The summed E-state index contributed by atoms with van der Waals surface area (Å²) >= 11 is 0. The molecule has 0 rings (SSSR count). The van der Waals surface area contributed by atoms with E-state index in [1.807, 2.05) is 0 Å². The summed E-state index contributed by atoms with van der Waals surface area (Å²) in [5, 5.41) is 27.4. The minimum Gasteiger partial charge on any atom is -0.481 e. The summed E-state index contributed by atoms with van der Waals surface area (Å²) < 4.78 is 0. The Bertz CT molecular complexity index is 294. The lowest BCUT2D eigenvalue weighted by atomic mass is 9.90. The lowest BCUT2D eigenvalue weighted by molar-refractivity contribution is -0.137. The number of carboxylic acid groups (broad SMARTS) is 1.